The zero-order valence-electron chi connectivity index (χ0n) is 13.9. The lowest BCUT2D eigenvalue weighted by molar-refractivity contribution is -0.0390. The number of hydrogen-bond acceptors (Lipinski definition) is 3. The lowest BCUT2D eigenvalue weighted by atomic mass is 9.77. The van der Waals surface area contributed by atoms with Gasteiger partial charge in [-0.3, -0.25) is 0 Å². The van der Waals surface area contributed by atoms with E-state index >= 15 is 4.39 Å². The van der Waals surface area contributed by atoms with Gasteiger partial charge in [0, 0.05) is 27.2 Å². The molecule has 0 N–H and O–H groups in total. The average Bonchev–Trinajstić information content (AvgIpc) is 2.30. The van der Waals surface area contributed by atoms with E-state index in [0.29, 0.717) is 0 Å². The van der Waals surface area contributed by atoms with Crippen molar-refractivity contribution in [1.29, 1.82) is 0 Å². The molecule has 0 radical (unpaired) electrons. The van der Waals surface area contributed by atoms with Crippen LogP contribution in [0.25, 0.3) is 0 Å². The SMILES string of the molecule is CO[Si](OC)(OC)C(F)(C(C)C)C(C(C)C)C(C)C. The van der Waals surface area contributed by atoms with Gasteiger partial charge in [0.1, 0.15) is 0 Å². The van der Waals surface area contributed by atoms with E-state index in [-0.39, 0.29) is 23.7 Å². The fourth-order valence-corrected chi connectivity index (χ4v) is 6.62. The Hall–Kier alpha value is 0.0269. The van der Waals surface area contributed by atoms with Crippen LogP contribution < -0.4 is 0 Å². The van der Waals surface area contributed by atoms with Crippen molar-refractivity contribution in [2.45, 2.75) is 46.8 Å². The van der Waals surface area contributed by atoms with Crippen molar-refractivity contribution in [1.82, 2.24) is 0 Å². The van der Waals surface area contributed by atoms with Crippen LogP contribution in [0.1, 0.15) is 41.5 Å². The summed E-state index contributed by atoms with van der Waals surface area (Å²) in [6.07, 6.45) is 0. The van der Waals surface area contributed by atoms with Gasteiger partial charge >= 0.3 is 8.80 Å². The lowest BCUT2D eigenvalue weighted by Crippen LogP contribution is -2.68. The third-order valence-electron chi connectivity index (χ3n) is 4.04. The topological polar surface area (TPSA) is 27.7 Å². The Kier molecular flexibility index (Phi) is 7.16. The van der Waals surface area contributed by atoms with Crippen LogP contribution in [0.4, 0.5) is 4.39 Å². The molecule has 1 unspecified atom stereocenters. The first-order valence-corrected chi connectivity index (χ1v) is 8.71. The molecule has 3 nitrogen and oxygen atoms in total. The molecule has 0 aromatic carbocycles. The zero-order chi connectivity index (χ0) is 15.4. The molecule has 0 aromatic heterocycles. The summed E-state index contributed by atoms with van der Waals surface area (Å²) in [7, 11) is 1.05. The monoisotopic (exact) mass is 294 g/mol. The standard InChI is InChI=1S/C14H31FO3Si/c1-10(2)13(11(3)4)14(15,12(5)6)19(16-7,17-8)18-9/h10-13H,1-9H3. The van der Waals surface area contributed by atoms with Crippen molar-refractivity contribution in [3.8, 4) is 0 Å². The van der Waals surface area contributed by atoms with E-state index in [1.165, 1.54) is 21.3 Å². The van der Waals surface area contributed by atoms with Crippen LogP contribution in [-0.4, -0.2) is 35.4 Å². The molecule has 0 spiro atoms. The van der Waals surface area contributed by atoms with Gasteiger partial charge in [0.15, 0.2) is 5.29 Å². The molecular weight excluding hydrogens is 263 g/mol. The maximum atomic E-state index is 16.1. The third kappa shape index (κ3) is 3.20. The highest BCUT2D eigenvalue weighted by molar-refractivity contribution is 6.64. The molecule has 0 aliphatic carbocycles. The summed E-state index contributed by atoms with van der Waals surface area (Å²) >= 11 is 0. The first kappa shape index (κ1) is 19.0. The highest BCUT2D eigenvalue weighted by atomic mass is 28.4. The highest BCUT2D eigenvalue weighted by Gasteiger charge is 2.67. The number of alkyl halides is 1. The second kappa shape index (κ2) is 7.15. The molecule has 0 amide bonds. The Bertz CT molecular complexity index is 251. The van der Waals surface area contributed by atoms with Crippen LogP contribution in [0, 0.1) is 23.7 Å². The predicted molar refractivity (Wildman–Crippen MR) is 78.6 cm³/mol. The van der Waals surface area contributed by atoms with Gasteiger partial charge in [-0.15, -0.1) is 0 Å². The van der Waals surface area contributed by atoms with Crippen LogP contribution in [0.3, 0.4) is 0 Å². The normalized spacial score (nSPS) is 16.7. The van der Waals surface area contributed by atoms with E-state index < -0.39 is 14.1 Å². The maximum absolute atomic E-state index is 16.1. The largest absolute Gasteiger partial charge is 0.540 e. The van der Waals surface area contributed by atoms with E-state index in [1.807, 2.05) is 41.5 Å². The van der Waals surface area contributed by atoms with Crippen LogP contribution in [0.15, 0.2) is 0 Å². The van der Waals surface area contributed by atoms with Gasteiger partial charge in [-0.1, -0.05) is 41.5 Å². The van der Waals surface area contributed by atoms with Gasteiger partial charge in [-0.25, -0.2) is 4.39 Å². The first-order chi connectivity index (χ1) is 8.64. The molecular formula is C14H31FO3Si. The summed E-state index contributed by atoms with van der Waals surface area (Å²) in [5, 5.41) is -1.60. The van der Waals surface area contributed by atoms with Gasteiger partial charge in [-0.05, 0) is 17.8 Å². The average molecular weight is 294 g/mol. The molecule has 0 heterocycles. The Balaban J connectivity index is 5.95. The van der Waals surface area contributed by atoms with Crippen molar-refractivity contribution < 1.29 is 17.7 Å². The molecule has 1 atom stereocenters. The molecule has 0 saturated carbocycles. The summed E-state index contributed by atoms with van der Waals surface area (Å²) in [6.45, 7) is 11.9. The van der Waals surface area contributed by atoms with Crippen molar-refractivity contribution in [2.24, 2.45) is 23.7 Å². The van der Waals surface area contributed by atoms with E-state index in [4.69, 9.17) is 13.3 Å². The van der Waals surface area contributed by atoms with Crippen molar-refractivity contribution in [3.63, 3.8) is 0 Å². The molecule has 0 bridgehead atoms. The van der Waals surface area contributed by atoms with E-state index in [9.17, 15) is 0 Å². The molecule has 116 valence electrons. The zero-order valence-corrected chi connectivity index (χ0v) is 14.9. The highest BCUT2D eigenvalue weighted by Crippen LogP contribution is 2.46. The van der Waals surface area contributed by atoms with Crippen molar-refractivity contribution in [3.05, 3.63) is 0 Å². The Labute approximate surface area is 119 Å². The second-order valence-electron chi connectivity index (χ2n) is 6.11. The fourth-order valence-electron chi connectivity index (χ4n) is 3.40. The Morgan fingerprint density at radius 3 is 1.26 bits per heavy atom. The van der Waals surface area contributed by atoms with Crippen LogP contribution in [-0.2, 0) is 13.3 Å². The third-order valence-corrected chi connectivity index (χ3v) is 7.50. The molecule has 0 aliphatic heterocycles. The van der Waals surface area contributed by atoms with Gasteiger partial charge < -0.3 is 13.3 Å². The number of halogens is 1. The molecule has 5 heteroatoms. The van der Waals surface area contributed by atoms with Crippen LogP contribution in [0.5, 0.6) is 0 Å². The molecule has 0 fully saturated rings. The molecule has 0 rings (SSSR count). The molecule has 0 aromatic rings. The maximum Gasteiger partial charge on any atom is 0.540 e. The van der Waals surface area contributed by atoms with Crippen LogP contribution in [0.2, 0.25) is 0 Å². The van der Waals surface area contributed by atoms with Crippen molar-refractivity contribution >= 4 is 8.80 Å². The van der Waals surface area contributed by atoms with Gasteiger partial charge in [0.05, 0.1) is 0 Å². The summed E-state index contributed by atoms with van der Waals surface area (Å²) < 4.78 is 32.5. The number of hydrogen-bond donors (Lipinski definition) is 0. The van der Waals surface area contributed by atoms with Gasteiger partial charge in [-0.2, -0.15) is 0 Å². The summed E-state index contributed by atoms with van der Waals surface area (Å²) in [6, 6.07) is 0. The van der Waals surface area contributed by atoms with E-state index in [2.05, 4.69) is 0 Å². The Morgan fingerprint density at radius 2 is 1.11 bits per heavy atom. The van der Waals surface area contributed by atoms with Gasteiger partial charge in [0.25, 0.3) is 0 Å². The smallest absolute Gasteiger partial charge is 0.375 e. The van der Waals surface area contributed by atoms with E-state index in [1.54, 1.807) is 0 Å². The molecule has 0 saturated heterocycles. The number of rotatable bonds is 8. The lowest BCUT2D eigenvalue weighted by Gasteiger charge is -2.48. The second-order valence-corrected chi connectivity index (χ2v) is 9.21. The van der Waals surface area contributed by atoms with E-state index in [0.717, 1.165) is 0 Å². The predicted octanol–water partition coefficient (Wildman–Crippen LogP) is 3.70. The minimum atomic E-state index is -3.39. The van der Waals surface area contributed by atoms with Crippen LogP contribution >= 0.6 is 0 Å². The molecule has 0 aliphatic rings. The quantitative estimate of drug-likeness (QED) is 0.639. The minimum Gasteiger partial charge on any atom is -0.375 e. The summed E-state index contributed by atoms with van der Waals surface area (Å²) in [5.74, 6) is -0.0627. The summed E-state index contributed by atoms with van der Waals surface area (Å²) in [5.41, 5.74) is 0. The fraction of sp³-hybridized carbons (Fsp3) is 1.00. The minimum absolute atomic E-state index is 0.180. The Morgan fingerprint density at radius 1 is 0.789 bits per heavy atom. The first-order valence-electron chi connectivity index (χ1n) is 6.98. The van der Waals surface area contributed by atoms with Gasteiger partial charge in [0.2, 0.25) is 0 Å². The molecule has 19 heavy (non-hydrogen) atoms. The summed E-state index contributed by atoms with van der Waals surface area (Å²) in [4.78, 5) is 0. The van der Waals surface area contributed by atoms with Crippen molar-refractivity contribution in [2.75, 3.05) is 21.3 Å².